The van der Waals surface area contributed by atoms with Crippen molar-refractivity contribution in [3.8, 4) is 0 Å². The molecule has 0 saturated heterocycles. The number of carbonyl (C=O) groups is 3. The summed E-state index contributed by atoms with van der Waals surface area (Å²) < 4.78 is 17.0. The molecule has 0 amide bonds. The molecule has 0 fully saturated rings. The Morgan fingerprint density at radius 1 is 0.273 bits per heavy atom. The Balaban J connectivity index is 4.38. The van der Waals surface area contributed by atoms with Gasteiger partial charge in [0.1, 0.15) is 13.2 Å². The van der Waals surface area contributed by atoms with Crippen molar-refractivity contribution in [2.75, 3.05) is 13.2 Å². The maximum absolute atomic E-state index is 12.9. The van der Waals surface area contributed by atoms with Gasteiger partial charge in [-0.25, -0.2) is 0 Å². The number of rotatable bonds is 60. The molecule has 0 aromatic carbocycles. The first-order valence-corrected chi connectivity index (χ1v) is 33.1. The van der Waals surface area contributed by atoms with Gasteiger partial charge in [-0.15, -0.1) is 0 Å². The molecule has 0 aliphatic heterocycles. The van der Waals surface area contributed by atoms with E-state index in [1.807, 2.05) is 0 Å². The van der Waals surface area contributed by atoms with Crippen LogP contribution in [0.25, 0.3) is 0 Å². The lowest BCUT2D eigenvalue weighted by molar-refractivity contribution is -0.167. The predicted molar refractivity (Wildman–Crippen MR) is 334 cm³/mol. The van der Waals surface area contributed by atoms with E-state index in [1.165, 1.54) is 193 Å². The average molecular weight is 1070 g/mol. The molecule has 444 valence electrons. The summed E-state index contributed by atoms with van der Waals surface area (Å²) in [4.78, 5) is 38.4. The molecule has 0 spiro atoms. The van der Waals surface area contributed by atoms with Crippen LogP contribution in [-0.2, 0) is 28.6 Å². The van der Waals surface area contributed by atoms with Gasteiger partial charge in [-0.2, -0.15) is 0 Å². The van der Waals surface area contributed by atoms with Gasteiger partial charge in [-0.3, -0.25) is 14.4 Å². The fourth-order valence-electron chi connectivity index (χ4n) is 9.40. The van der Waals surface area contributed by atoms with E-state index < -0.39 is 6.10 Å². The molecule has 0 radical (unpaired) electrons. The van der Waals surface area contributed by atoms with Crippen LogP contribution in [0.2, 0.25) is 0 Å². The summed E-state index contributed by atoms with van der Waals surface area (Å²) in [7, 11) is 0. The lowest BCUT2D eigenvalue weighted by atomic mass is 10.1. The SMILES string of the molecule is CC/C=C\C/C=C\C/C=C\C/C=C\CCCCCCCCCCCCC(=O)OCC(COC(=O)CCCCCCCCC/C=C\CCCCCCCCC)OC(=O)CCCCCCCCC/C=C\C/C=C\CCCCCC. The van der Waals surface area contributed by atoms with Crippen LogP contribution in [0.4, 0.5) is 0 Å². The quantitative estimate of drug-likeness (QED) is 0.0261. The second-order valence-corrected chi connectivity index (χ2v) is 22.0. The van der Waals surface area contributed by atoms with Gasteiger partial charge in [0, 0.05) is 19.3 Å². The van der Waals surface area contributed by atoms with Gasteiger partial charge in [0.15, 0.2) is 6.10 Å². The fourth-order valence-corrected chi connectivity index (χ4v) is 9.40. The van der Waals surface area contributed by atoms with Gasteiger partial charge < -0.3 is 14.2 Å². The Morgan fingerprint density at radius 2 is 0.506 bits per heavy atom. The van der Waals surface area contributed by atoms with E-state index in [1.54, 1.807) is 0 Å². The van der Waals surface area contributed by atoms with Crippen molar-refractivity contribution in [3.63, 3.8) is 0 Å². The molecule has 77 heavy (non-hydrogen) atoms. The highest BCUT2D eigenvalue weighted by Gasteiger charge is 2.19. The van der Waals surface area contributed by atoms with E-state index in [0.29, 0.717) is 19.3 Å². The minimum absolute atomic E-state index is 0.0817. The zero-order valence-electron chi connectivity index (χ0n) is 51.0. The zero-order valence-corrected chi connectivity index (χ0v) is 51.0. The summed E-state index contributed by atoms with van der Waals surface area (Å²) >= 11 is 0. The molecular formula is C71H124O6. The molecule has 0 aliphatic rings. The van der Waals surface area contributed by atoms with Crippen LogP contribution in [0, 0.1) is 0 Å². The monoisotopic (exact) mass is 1070 g/mol. The van der Waals surface area contributed by atoms with Gasteiger partial charge in [0.2, 0.25) is 0 Å². The molecule has 0 bridgehead atoms. The third-order valence-corrected chi connectivity index (χ3v) is 14.4. The lowest BCUT2D eigenvalue weighted by Crippen LogP contribution is -2.30. The number of hydrogen-bond donors (Lipinski definition) is 0. The van der Waals surface area contributed by atoms with Crippen LogP contribution in [0.3, 0.4) is 0 Å². The van der Waals surface area contributed by atoms with Crippen molar-refractivity contribution in [3.05, 3.63) is 85.1 Å². The predicted octanol–water partition coefficient (Wildman–Crippen LogP) is 22.7. The molecule has 6 nitrogen and oxygen atoms in total. The third-order valence-electron chi connectivity index (χ3n) is 14.4. The van der Waals surface area contributed by atoms with E-state index in [2.05, 4.69) is 106 Å². The highest BCUT2D eigenvalue weighted by atomic mass is 16.6. The number of unbranched alkanes of at least 4 members (excludes halogenated alkanes) is 35. The molecule has 0 rings (SSSR count). The second-order valence-electron chi connectivity index (χ2n) is 22.0. The van der Waals surface area contributed by atoms with Crippen molar-refractivity contribution in [1.82, 2.24) is 0 Å². The van der Waals surface area contributed by atoms with Crippen LogP contribution >= 0.6 is 0 Å². The minimum atomic E-state index is -0.786. The van der Waals surface area contributed by atoms with Crippen LogP contribution < -0.4 is 0 Å². The molecule has 0 aliphatic carbocycles. The van der Waals surface area contributed by atoms with Crippen molar-refractivity contribution in [1.29, 1.82) is 0 Å². The number of allylic oxidation sites excluding steroid dienone is 14. The summed E-state index contributed by atoms with van der Waals surface area (Å²) in [6.07, 6.45) is 85.8. The molecule has 0 saturated carbocycles. The second kappa shape index (κ2) is 65.1. The van der Waals surface area contributed by atoms with Gasteiger partial charge in [0.25, 0.3) is 0 Å². The van der Waals surface area contributed by atoms with Gasteiger partial charge in [-0.05, 0) is 116 Å². The Bertz CT molecular complexity index is 1470. The van der Waals surface area contributed by atoms with Crippen molar-refractivity contribution in [2.45, 2.75) is 335 Å². The highest BCUT2D eigenvalue weighted by Crippen LogP contribution is 2.16. The summed E-state index contributed by atoms with van der Waals surface area (Å²) in [5.74, 6) is -0.883. The molecule has 0 heterocycles. The largest absolute Gasteiger partial charge is 0.462 e. The smallest absolute Gasteiger partial charge is 0.306 e. The molecule has 0 aromatic heterocycles. The molecule has 6 heteroatoms. The summed E-state index contributed by atoms with van der Waals surface area (Å²) in [6, 6.07) is 0. The van der Waals surface area contributed by atoms with Gasteiger partial charge >= 0.3 is 17.9 Å². The molecular weight excluding hydrogens is 949 g/mol. The first-order valence-electron chi connectivity index (χ1n) is 33.1. The summed E-state index contributed by atoms with van der Waals surface area (Å²) in [5, 5.41) is 0. The van der Waals surface area contributed by atoms with E-state index in [4.69, 9.17) is 14.2 Å². The van der Waals surface area contributed by atoms with Crippen LogP contribution in [0.5, 0.6) is 0 Å². The lowest BCUT2D eigenvalue weighted by Gasteiger charge is -2.18. The fraction of sp³-hybridized carbons (Fsp3) is 0.761. The number of carbonyl (C=O) groups excluding carboxylic acids is 3. The van der Waals surface area contributed by atoms with E-state index in [0.717, 1.165) is 96.3 Å². The standard InChI is InChI=1S/C71H124O6/c1-4-7-10-13-16-19-22-25-28-31-34-35-36-37-38-41-43-46-49-52-55-58-61-64-70(73)76-67-68(77-71(74)65-62-59-56-53-50-47-44-40-33-30-27-24-21-18-15-12-9-6-3)66-75-69(72)63-60-57-54-51-48-45-42-39-32-29-26-23-20-17-14-11-8-5-2/h7,10,16,19,21,24-25,28-30,32-35,68H,4-6,8-9,11-15,17-18,20,22-23,26-27,31,36-67H2,1-3H3/b10-7-,19-16-,24-21-,28-25-,32-29-,33-30-,35-34-. The maximum Gasteiger partial charge on any atom is 0.306 e. The Kier molecular flexibility index (Phi) is 62.2. The van der Waals surface area contributed by atoms with E-state index in [-0.39, 0.29) is 31.1 Å². The Morgan fingerprint density at radius 3 is 0.818 bits per heavy atom. The third kappa shape index (κ3) is 63.3. The number of ether oxygens (including phenoxy) is 3. The Labute approximate surface area is 477 Å². The van der Waals surface area contributed by atoms with Gasteiger partial charge in [0.05, 0.1) is 0 Å². The van der Waals surface area contributed by atoms with E-state index in [9.17, 15) is 14.4 Å². The normalized spacial score (nSPS) is 12.6. The summed E-state index contributed by atoms with van der Waals surface area (Å²) in [5.41, 5.74) is 0. The first-order chi connectivity index (χ1) is 38.0. The number of hydrogen-bond acceptors (Lipinski definition) is 6. The van der Waals surface area contributed by atoms with Crippen molar-refractivity contribution < 1.29 is 28.6 Å². The van der Waals surface area contributed by atoms with Crippen LogP contribution in [0.1, 0.15) is 329 Å². The number of esters is 3. The Hall–Kier alpha value is -3.41. The average Bonchev–Trinajstić information content (AvgIpc) is 3.43. The van der Waals surface area contributed by atoms with Crippen molar-refractivity contribution >= 4 is 17.9 Å². The zero-order chi connectivity index (χ0) is 55.7. The molecule has 0 aromatic rings. The maximum atomic E-state index is 12.9. The molecule has 1 unspecified atom stereocenters. The van der Waals surface area contributed by atoms with Gasteiger partial charge in [-0.1, -0.05) is 279 Å². The minimum Gasteiger partial charge on any atom is -0.462 e. The molecule has 0 N–H and O–H groups in total. The summed E-state index contributed by atoms with van der Waals surface area (Å²) in [6.45, 7) is 6.54. The first kappa shape index (κ1) is 73.6. The van der Waals surface area contributed by atoms with E-state index >= 15 is 0 Å². The topological polar surface area (TPSA) is 78.9 Å². The highest BCUT2D eigenvalue weighted by molar-refractivity contribution is 5.71. The van der Waals surface area contributed by atoms with Crippen LogP contribution in [0.15, 0.2) is 85.1 Å². The van der Waals surface area contributed by atoms with Crippen LogP contribution in [-0.4, -0.2) is 37.2 Å². The van der Waals surface area contributed by atoms with Crippen molar-refractivity contribution in [2.24, 2.45) is 0 Å². The molecule has 1 atom stereocenters.